The number of carbonyl (C=O) groups is 4. The van der Waals surface area contributed by atoms with Crippen LogP contribution in [0.1, 0.15) is 91.4 Å². The number of ether oxygens (including phenoxy) is 8. The Labute approximate surface area is 492 Å². The van der Waals surface area contributed by atoms with E-state index < -0.39 is 0 Å². The van der Waals surface area contributed by atoms with Crippen LogP contribution in [0.5, 0.6) is 46.0 Å². The van der Waals surface area contributed by atoms with Gasteiger partial charge in [-0.05, 0) is 124 Å². The maximum absolute atomic E-state index is 12.3. The van der Waals surface area contributed by atoms with E-state index in [1.165, 1.54) is 0 Å². The van der Waals surface area contributed by atoms with Gasteiger partial charge in [0.05, 0.1) is 56.9 Å². The van der Waals surface area contributed by atoms with Crippen molar-refractivity contribution in [3.05, 3.63) is 190 Å². The molecule has 12 rings (SSSR count). The van der Waals surface area contributed by atoms with Crippen LogP contribution >= 0.6 is 0 Å². The number of Topliss-reactive ketones (excluding diaryl/α,β-unsaturated/α-hetero) is 4. The Morgan fingerprint density at radius 2 is 0.607 bits per heavy atom. The van der Waals surface area contributed by atoms with Gasteiger partial charge < -0.3 is 37.9 Å². The van der Waals surface area contributed by atoms with Gasteiger partial charge in [-0.1, -0.05) is 119 Å². The third-order valence-electron chi connectivity index (χ3n) is 16.3. The summed E-state index contributed by atoms with van der Waals surface area (Å²) in [6.45, 7) is 7.94. The van der Waals surface area contributed by atoms with Crippen LogP contribution in [0.4, 0.5) is 0 Å². The summed E-state index contributed by atoms with van der Waals surface area (Å²) < 4.78 is 43.1. The summed E-state index contributed by atoms with van der Waals surface area (Å²) in [4.78, 5) is 48.7. The third-order valence-corrected chi connectivity index (χ3v) is 16.3. The van der Waals surface area contributed by atoms with Crippen LogP contribution in [0.25, 0.3) is 44.5 Å². The summed E-state index contributed by atoms with van der Waals surface area (Å²) in [5.41, 5.74) is 16.2. The first kappa shape index (κ1) is 59.5. The fourth-order valence-electron chi connectivity index (χ4n) is 11.9. The molecule has 4 unspecified atom stereocenters. The lowest BCUT2D eigenvalue weighted by molar-refractivity contribution is 0.0939. The first-order chi connectivity index (χ1) is 40.6. The maximum atomic E-state index is 12.3. The van der Waals surface area contributed by atoms with Crippen molar-refractivity contribution in [2.75, 3.05) is 56.9 Å². The molecule has 0 radical (unpaired) electrons. The average Bonchev–Trinajstić information content (AvgIpc) is 2.75. The fourth-order valence-corrected chi connectivity index (χ4v) is 11.9. The first-order valence-corrected chi connectivity index (χ1v) is 28.2. The lowest BCUT2D eigenvalue weighted by Crippen LogP contribution is -2.02. The molecular formula is C72H72O12. The van der Waals surface area contributed by atoms with Crippen molar-refractivity contribution in [3.63, 3.8) is 0 Å². The van der Waals surface area contributed by atoms with Crippen LogP contribution in [0.3, 0.4) is 0 Å². The number of hydrogen-bond donors (Lipinski definition) is 0. The summed E-state index contributed by atoms with van der Waals surface area (Å²) in [5.74, 6) is 6.84. The molecule has 8 aromatic carbocycles. The molecule has 0 saturated heterocycles. The number of para-hydroxylation sites is 1. The van der Waals surface area contributed by atoms with Crippen molar-refractivity contribution in [1.82, 2.24) is 0 Å². The zero-order valence-electron chi connectivity index (χ0n) is 49.9. The molecule has 0 heterocycles. The molecule has 0 fully saturated rings. The first-order valence-electron chi connectivity index (χ1n) is 28.2. The predicted molar refractivity (Wildman–Crippen MR) is 329 cm³/mol. The van der Waals surface area contributed by atoms with E-state index in [4.69, 9.17) is 37.9 Å². The monoisotopic (exact) mass is 1130 g/mol. The van der Waals surface area contributed by atoms with E-state index in [-0.39, 0.29) is 46.8 Å². The van der Waals surface area contributed by atoms with Crippen LogP contribution in [-0.2, 0) is 25.7 Å². The summed E-state index contributed by atoms with van der Waals surface area (Å²) in [5, 5.41) is 0. The van der Waals surface area contributed by atoms with Gasteiger partial charge in [0.1, 0.15) is 28.7 Å². The summed E-state index contributed by atoms with van der Waals surface area (Å²) in [6.07, 6.45) is 3.17. The van der Waals surface area contributed by atoms with E-state index >= 15 is 0 Å². The highest BCUT2D eigenvalue weighted by atomic mass is 16.5. The molecule has 84 heavy (non-hydrogen) atoms. The highest BCUT2D eigenvalue weighted by Gasteiger charge is 2.33. The molecule has 0 amide bonds. The van der Waals surface area contributed by atoms with Gasteiger partial charge in [-0.2, -0.15) is 0 Å². The van der Waals surface area contributed by atoms with Gasteiger partial charge in [0.15, 0.2) is 34.6 Å². The highest BCUT2D eigenvalue weighted by Crippen LogP contribution is 2.45. The molecule has 0 N–H and O–H groups in total. The Balaban J connectivity index is 0.000000135. The molecule has 4 aliphatic rings. The maximum Gasteiger partial charge on any atom is 0.203 e. The van der Waals surface area contributed by atoms with E-state index in [9.17, 15) is 19.2 Å². The van der Waals surface area contributed by atoms with Crippen LogP contribution in [0.15, 0.2) is 146 Å². The highest BCUT2D eigenvalue weighted by molar-refractivity contribution is 6.06. The summed E-state index contributed by atoms with van der Waals surface area (Å²) >= 11 is 0. The van der Waals surface area contributed by atoms with Crippen molar-refractivity contribution in [2.24, 2.45) is 23.7 Å². The molecule has 4 atom stereocenters. The fraction of sp³-hybridized carbons (Fsp3) is 0.278. The zero-order chi connectivity index (χ0) is 59.9. The van der Waals surface area contributed by atoms with Crippen molar-refractivity contribution in [2.45, 2.75) is 53.4 Å². The molecule has 12 nitrogen and oxygen atoms in total. The number of benzene rings is 8. The zero-order valence-corrected chi connectivity index (χ0v) is 49.9. The third kappa shape index (κ3) is 11.8. The van der Waals surface area contributed by atoms with Crippen molar-refractivity contribution in [3.8, 4) is 90.5 Å². The molecule has 4 aliphatic carbocycles. The molecule has 12 heteroatoms. The summed E-state index contributed by atoms with van der Waals surface area (Å²) in [7, 11) is 13.0. The molecule has 0 aliphatic heterocycles. The second-order valence-corrected chi connectivity index (χ2v) is 21.5. The predicted octanol–water partition coefficient (Wildman–Crippen LogP) is 15.0. The minimum atomic E-state index is 0.0354. The van der Waals surface area contributed by atoms with Crippen molar-refractivity contribution < 1.29 is 57.1 Å². The SMILES string of the molecule is COc1cc(-c2cccc3c2CC(C)C3=O)cc(OC)c1OC.COc1cc(OC)cc(-c2cccc3c2CC(C)C3=O)c1.COc1ccc(-c2cccc3c2CC(C)C3=O)c(OC)c1.COc1ccccc1-c1cccc2c1CC(C)C2=O. The number of hydrogen-bond acceptors (Lipinski definition) is 12. The second kappa shape index (κ2) is 26.0. The van der Waals surface area contributed by atoms with Gasteiger partial charge in [-0.3, -0.25) is 19.2 Å². The Hall–Kier alpha value is -9.16. The number of methoxy groups -OCH3 is 8. The number of rotatable bonds is 12. The molecule has 432 valence electrons. The Bertz CT molecular complexity index is 3750. The summed E-state index contributed by atoms with van der Waals surface area (Å²) in [6, 6.07) is 47.0. The second-order valence-electron chi connectivity index (χ2n) is 21.5. The number of carbonyl (C=O) groups excluding carboxylic acids is 4. The van der Waals surface area contributed by atoms with Gasteiger partial charge in [-0.15, -0.1) is 0 Å². The van der Waals surface area contributed by atoms with Gasteiger partial charge in [0, 0.05) is 69.2 Å². The molecule has 0 bridgehead atoms. The molecule has 8 aromatic rings. The Morgan fingerprint density at radius 1 is 0.274 bits per heavy atom. The minimum absolute atomic E-state index is 0.0354. The normalized spacial score (nSPS) is 16.7. The van der Waals surface area contributed by atoms with E-state index in [0.29, 0.717) is 17.2 Å². The van der Waals surface area contributed by atoms with Crippen molar-refractivity contribution in [1.29, 1.82) is 0 Å². The van der Waals surface area contributed by atoms with Crippen molar-refractivity contribution >= 4 is 23.1 Å². The molecule has 0 spiro atoms. The van der Waals surface area contributed by atoms with Crippen LogP contribution in [-0.4, -0.2) is 80.0 Å². The van der Waals surface area contributed by atoms with E-state index in [1.807, 2.05) is 155 Å². The number of fused-ring (bicyclic) bond motifs is 4. The standard InChI is InChI=1S/C19H20O4.2C18H18O3.C17H16O2/c1-11-8-15-13(6-5-7-14(15)18(11)20)12-9-16(21-2)19(23-4)17(10-12)22-3;1-11-7-17-15(5-4-6-16(17)18(11)19)12-8-13(20-2)10-14(9-12)21-3;1-11-9-16-13(5-4-6-15(16)18(11)19)14-8-7-12(20-2)10-17(14)21-3;1-11-10-15-12(7-5-8-14(15)17(11)18)13-6-3-4-9-16(13)19-2/h5-7,9-11H,8H2,1-4H3;4-6,8-11H,7H2,1-3H3;4-8,10-11H,9H2,1-3H3;3-9,11H,10H2,1-2H3. The Morgan fingerprint density at radius 3 is 0.988 bits per heavy atom. The quantitative estimate of drug-likeness (QED) is 0.115. The number of ketones is 4. The lowest BCUT2D eigenvalue weighted by atomic mass is 9.96. The average molecular weight is 1130 g/mol. The molecule has 0 saturated carbocycles. The van der Waals surface area contributed by atoms with E-state index in [1.54, 1.807) is 56.9 Å². The van der Waals surface area contributed by atoms with Crippen LogP contribution in [0.2, 0.25) is 0 Å². The van der Waals surface area contributed by atoms with Gasteiger partial charge in [0.25, 0.3) is 0 Å². The van der Waals surface area contributed by atoms with Crippen LogP contribution < -0.4 is 37.9 Å². The topological polar surface area (TPSA) is 142 Å². The van der Waals surface area contributed by atoms with Gasteiger partial charge in [-0.25, -0.2) is 0 Å². The van der Waals surface area contributed by atoms with Crippen LogP contribution in [0, 0.1) is 23.7 Å². The smallest absolute Gasteiger partial charge is 0.203 e. The Kier molecular flexibility index (Phi) is 18.4. The van der Waals surface area contributed by atoms with E-state index in [0.717, 1.165) is 143 Å². The lowest BCUT2D eigenvalue weighted by Gasteiger charge is -2.15. The van der Waals surface area contributed by atoms with Gasteiger partial charge in [0.2, 0.25) is 5.75 Å². The van der Waals surface area contributed by atoms with Gasteiger partial charge >= 0.3 is 0 Å². The largest absolute Gasteiger partial charge is 0.497 e. The molecular weight excluding hydrogens is 1060 g/mol. The molecule has 0 aromatic heterocycles. The minimum Gasteiger partial charge on any atom is -0.497 e. The van der Waals surface area contributed by atoms with E-state index in [2.05, 4.69) is 18.2 Å².